The minimum absolute atomic E-state index is 0.373. The van der Waals surface area contributed by atoms with E-state index in [4.69, 9.17) is 4.74 Å². The lowest BCUT2D eigenvalue weighted by molar-refractivity contribution is 0.266. The molecule has 1 unspecified atom stereocenters. The molecule has 0 amide bonds. The van der Waals surface area contributed by atoms with E-state index in [0.29, 0.717) is 16.7 Å². The van der Waals surface area contributed by atoms with E-state index in [1.807, 2.05) is 60.7 Å². The van der Waals surface area contributed by atoms with Crippen LogP contribution in [0.2, 0.25) is 0 Å². The molecule has 1 aliphatic heterocycles. The lowest BCUT2D eigenvalue weighted by atomic mass is 10.1. The highest BCUT2D eigenvalue weighted by atomic mass is 79.9. The predicted octanol–water partition coefficient (Wildman–Crippen LogP) is 5.26. The van der Waals surface area contributed by atoms with Gasteiger partial charge in [0.25, 0.3) is 0 Å². The van der Waals surface area contributed by atoms with Crippen LogP contribution < -0.4 is 10.1 Å². The quantitative estimate of drug-likeness (QED) is 0.558. The van der Waals surface area contributed by atoms with Crippen LogP contribution in [0.4, 0.5) is 5.69 Å². The van der Waals surface area contributed by atoms with Gasteiger partial charge >= 0.3 is 0 Å². The van der Waals surface area contributed by atoms with Gasteiger partial charge in [0, 0.05) is 15.7 Å². The first kappa shape index (κ1) is 18.0. The number of aromatic nitrogens is 3. The zero-order valence-corrected chi connectivity index (χ0v) is 17.0. The molecule has 5 nitrogen and oxygen atoms in total. The molecule has 0 radical (unpaired) electrons. The first-order valence-corrected chi connectivity index (χ1v) is 10.3. The molecule has 1 N–H and O–H groups in total. The lowest BCUT2D eigenvalue weighted by Gasteiger charge is -2.15. The van der Waals surface area contributed by atoms with E-state index < -0.39 is 0 Å². The van der Waals surface area contributed by atoms with Crippen molar-refractivity contribution in [1.29, 1.82) is 0 Å². The zero-order chi connectivity index (χ0) is 18.6. The Labute approximate surface area is 170 Å². The summed E-state index contributed by atoms with van der Waals surface area (Å²) in [4.78, 5) is 4.57. The Morgan fingerprint density at radius 2 is 2.04 bits per heavy atom. The number of ether oxygens (including phenoxy) is 1. The monoisotopic (exact) mass is 440 g/mol. The van der Waals surface area contributed by atoms with Crippen molar-refractivity contribution in [2.45, 2.75) is 18.3 Å². The van der Waals surface area contributed by atoms with Crippen LogP contribution in [0.25, 0.3) is 17.3 Å². The summed E-state index contributed by atoms with van der Waals surface area (Å²) in [6, 6.07) is 16.1. The van der Waals surface area contributed by atoms with Gasteiger partial charge in [-0.05, 0) is 35.6 Å². The van der Waals surface area contributed by atoms with Crippen molar-refractivity contribution in [3.8, 4) is 17.1 Å². The van der Waals surface area contributed by atoms with Crippen molar-refractivity contribution in [3.05, 3.63) is 64.6 Å². The third-order valence-electron chi connectivity index (χ3n) is 3.94. The standard InChI is InChI=1S/C20H17BrN4OS/c1-2-27-20-23-19-18(24-25-20)15-12-14(21)9-10-16(15)22-17(26-19)11-8-13-6-4-3-5-7-13/h3-12,17,22H,2H2,1H3. The van der Waals surface area contributed by atoms with Gasteiger partial charge in [0.15, 0.2) is 11.9 Å². The largest absolute Gasteiger partial charge is 0.448 e. The third kappa shape index (κ3) is 4.14. The zero-order valence-electron chi connectivity index (χ0n) is 14.6. The molecule has 0 aliphatic carbocycles. The Hall–Kier alpha value is -2.38. The summed E-state index contributed by atoms with van der Waals surface area (Å²) in [6.07, 6.45) is 3.63. The first-order chi connectivity index (χ1) is 13.2. The molecule has 3 aromatic rings. The fourth-order valence-electron chi connectivity index (χ4n) is 2.73. The Balaban J connectivity index is 1.74. The summed E-state index contributed by atoms with van der Waals surface area (Å²) in [7, 11) is 0. The van der Waals surface area contributed by atoms with Gasteiger partial charge in [0.2, 0.25) is 11.0 Å². The van der Waals surface area contributed by atoms with Crippen LogP contribution in [0.1, 0.15) is 12.5 Å². The summed E-state index contributed by atoms with van der Waals surface area (Å²) in [5.74, 6) is 1.35. The third-order valence-corrected chi connectivity index (χ3v) is 5.16. The molecule has 1 atom stereocenters. The minimum atomic E-state index is -0.373. The number of hydrogen-bond acceptors (Lipinski definition) is 6. The van der Waals surface area contributed by atoms with Crippen molar-refractivity contribution in [2.24, 2.45) is 0 Å². The van der Waals surface area contributed by atoms with Gasteiger partial charge in [0.05, 0.1) is 0 Å². The van der Waals surface area contributed by atoms with Gasteiger partial charge in [-0.3, -0.25) is 0 Å². The van der Waals surface area contributed by atoms with Gasteiger partial charge in [-0.2, -0.15) is 4.98 Å². The Bertz CT molecular complexity index is 981. The van der Waals surface area contributed by atoms with E-state index in [1.54, 1.807) is 0 Å². The van der Waals surface area contributed by atoms with Crippen molar-refractivity contribution in [1.82, 2.24) is 15.2 Å². The molecule has 0 spiro atoms. The van der Waals surface area contributed by atoms with Crippen LogP contribution in [0.5, 0.6) is 5.88 Å². The number of fused-ring (bicyclic) bond motifs is 3. The Kier molecular flexibility index (Phi) is 5.40. The number of rotatable bonds is 4. The summed E-state index contributed by atoms with van der Waals surface area (Å²) in [5, 5.41) is 12.6. The number of halogens is 1. The smallest absolute Gasteiger partial charge is 0.247 e. The van der Waals surface area contributed by atoms with Gasteiger partial charge in [-0.25, -0.2) is 0 Å². The van der Waals surface area contributed by atoms with Crippen LogP contribution in [-0.2, 0) is 0 Å². The maximum atomic E-state index is 6.15. The lowest BCUT2D eigenvalue weighted by Crippen LogP contribution is -2.23. The highest BCUT2D eigenvalue weighted by molar-refractivity contribution is 9.10. The first-order valence-electron chi connectivity index (χ1n) is 8.57. The molecule has 0 fully saturated rings. The maximum absolute atomic E-state index is 6.15. The van der Waals surface area contributed by atoms with Crippen molar-refractivity contribution in [2.75, 3.05) is 11.1 Å². The molecule has 4 rings (SSSR count). The van der Waals surface area contributed by atoms with Crippen LogP contribution >= 0.6 is 27.7 Å². The van der Waals surface area contributed by atoms with E-state index in [1.165, 1.54) is 11.8 Å². The summed E-state index contributed by atoms with van der Waals surface area (Å²) >= 11 is 5.07. The van der Waals surface area contributed by atoms with Gasteiger partial charge in [0.1, 0.15) is 0 Å². The molecule has 7 heteroatoms. The second kappa shape index (κ2) is 8.10. The van der Waals surface area contributed by atoms with Crippen molar-refractivity contribution >= 4 is 39.5 Å². The number of hydrogen-bond donors (Lipinski definition) is 1. The minimum Gasteiger partial charge on any atom is -0.448 e. The van der Waals surface area contributed by atoms with E-state index in [2.05, 4.69) is 43.4 Å². The second-order valence-corrected chi connectivity index (χ2v) is 7.97. The molecule has 0 bridgehead atoms. The molecule has 1 aromatic heterocycles. The molecule has 27 heavy (non-hydrogen) atoms. The fourth-order valence-corrected chi connectivity index (χ4v) is 3.60. The maximum Gasteiger partial charge on any atom is 0.247 e. The molecule has 1 aliphatic rings. The predicted molar refractivity (Wildman–Crippen MR) is 113 cm³/mol. The molecule has 0 saturated carbocycles. The molecule has 136 valence electrons. The molecular weight excluding hydrogens is 424 g/mol. The van der Waals surface area contributed by atoms with E-state index in [0.717, 1.165) is 27.0 Å². The Morgan fingerprint density at radius 3 is 2.85 bits per heavy atom. The number of nitrogens with zero attached hydrogens (tertiary/aromatic N) is 3. The van der Waals surface area contributed by atoms with Gasteiger partial charge in [-0.15, -0.1) is 10.2 Å². The number of nitrogens with one attached hydrogen (secondary N) is 1. The van der Waals surface area contributed by atoms with E-state index >= 15 is 0 Å². The number of anilines is 1. The number of benzene rings is 2. The molecule has 0 saturated heterocycles. The average molecular weight is 441 g/mol. The summed E-state index contributed by atoms with van der Waals surface area (Å²) in [5.41, 5.74) is 3.57. The molecule has 2 aromatic carbocycles. The van der Waals surface area contributed by atoms with Crippen LogP contribution in [-0.4, -0.2) is 27.2 Å². The van der Waals surface area contributed by atoms with Crippen LogP contribution in [0.3, 0.4) is 0 Å². The van der Waals surface area contributed by atoms with Crippen molar-refractivity contribution in [3.63, 3.8) is 0 Å². The summed E-state index contributed by atoms with van der Waals surface area (Å²) < 4.78 is 7.11. The normalized spacial score (nSPS) is 15.4. The number of thioether (sulfide) groups is 1. The Morgan fingerprint density at radius 1 is 1.19 bits per heavy atom. The van der Waals surface area contributed by atoms with E-state index in [9.17, 15) is 0 Å². The van der Waals surface area contributed by atoms with E-state index in [-0.39, 0.29) is 6.23 Å². The topological polar surface area (TPSA) is 59.9 Å². The van der Waals surface area contributed by atoms with Crippen LogP contribution in [0.15, 0.2) is 64.2 Å². The second-order valence-electron chi connectivity index (χ2n) is 5.82. The molecular formula is C20H17BrN4OS. The SMILES string of the molecule is CCSc1nnc2c(n1)OC(C=Cc1ccccc1)Nc1ccc(Br)cc1-2. The highest BCUT2D eigenvalue weighted by Gasteiger charge is 2.24. The molecule has 2 heterocycles. The fraction of sp³-hybridized carbons (Fsp3) is 0.150. The average Bonchev–Trinajstić information content (AvgIpc) is 2.83. The highest BCUT2D eigenvalue weighted by Crippen LogP contribution is 2.38. The van der Waals surface area contributed by atoms with Crippen molar-refractivity contribution < 1.29 is 4.74 Å². The van der Waals surface area contributed by atoms with Gasteiger partial charge < -0.3 is 10.1 Å². The van der Waals surface area contributed by atoms with Gasteiger partial charge in [-0.1, -0.05) is 71.0 Å². The van der Waals surface area contributed by atoms with Crippen LogP contribution in [0, 0.1) is 0 Å². The summed E-state index contributed by atoms with van der Waals surface area (Å²) in [6.45, 7) is 2.06.